The van der Waals surface area contributed by atoms with Crippen LogP contribution in [0.5, 0.6) is 0 Å². The average molecular weight is 458 g/mol. The van der Waals surface area contributed by atoms with Crippen LogP contribution < -0.4 is 10.6 Å². The highest BCUT2D eigenvalue weighted by molar-refractivity contribution is 5.84. The van der Waals surface area contributed by atoms with Crippen LogP contribution >= 0.6 is 0 Å². The Labute approximate surface area is 202 Å². The molecule has 0 bridgehead atoms. The Hall–Kier alpha value is -4.70. The van der Waals surface area contributed by atoms with E-state index >= 15 is 0 Å². The van der Waals surface area contributed by atoms with Gasteiger partial charge in [-0.25, -0.2) is 4.98 Å². The highest BCUT2D eigenvalue weighted by Crippen LogP contribution is 2.32. The van der Waals surface area contributed by atoms with Crippen LogP contribution in [0.25, 0.3) is 22.4 Å². The van der Waals surface area contributed by atoms with Crippen molar-refractivity contribution in [2.24, 2.45) is 5.92 Å². The first-order valence-electron chi connectivity index (χ1n) is 11.7. The summed E-state index contributed by atoms with van der Waals surface area (Å²) in [6.07, 6.45) is 7.85. The fourth-order valence-electron chi connectivity index (χ4n) is 4.56. The molecule has 6 rings (SSSR count). The van der Waals surface area contributed by atoms with Gasteiger partial charge >= 0.3 is 0 Å². The van der Waals surface area contributed by atoms with Gasteiger partial charge in [-0.15, -0.1) is 0 Å². The fraction of sp³-hybridized carbons (Fsp3) is 0.143. The molecule has 2 aromatic carbocycles. The predicted octanol–water partition coefficient (Wildman–Crippen LogP) is 6.14. The third-order valence-corrected chi connectivity index (χ3v) is 6.40. The van der Waals surface area contributed by atoms with E-state index in [1.54, 1.807) is 12.4 Å². The van der Waals surface area contributed by atoms with Crippen LogP contribution in [0.3, 0.4) is 0 Å². The molecule has 3 N–H and O–H groups in total. The van der Waals surface area contributed by atoms with Crippen LogP contribution in [0.15, 0.2) is 79.3 Å². The zero-order valence-corrected chi connectivity index (χ0v) is 19.0. The largest absolute Gasteiger partial charge is 0.355 e. The molecule has 0 saturated heterocycles. The quantitative estimate of drug-likeness (QED) is 0.293. The van der Waals surface area contributed by atoms with Crippen molar-refractivity contribution < 1.29 is 0 Å². The molecule has 0 aliphatic heterocycles. The lowest BCUT2D eigenvalue weighted by molar-refractivity contribution is 0.556. The molecule has 7 heteroatoms. The van der Waals surface area contributed by atoms with Crippen molar-refractivity contribution in [3.8, 4) is 17.5 Å². The van der Waals surface area contributed by atoms with Crippen LogP contribution in [0.4, 0.5) is 22.7 Å². The smallest absolute Gasteiger partial charge is 0.138 e. The number of imidazole rings is 1. The second kappa shape index (κ2) is 8.92. The van der Waals surface area contributed by atoms with Gasteiger partial charge in [-0.3, -0.25) is 9.97 Å². The summed E-state index contributed by atoms with van der Waals surface area (Å²) in [7, 11) is 0. The molecule has 170 valence electrons. The molecule has 0 radical (unpaired) electrons. The van der Waals surface area contributed by atoms with Crippen LogP contribution in [-0.2, 0) is 12.8 Å². The fourth-order valence-corrected chi connectivity index (χ4v) is 4.56. The highest BCUT2D eigenvalue weighted by Gasteiger charge is 2.21. The molecule has 0 fully saturated rings. The third-order valence-electron chi connectivity index (χ3n) is 6.40. The van der Waals surface area contributed by atoms with E-state index < -0.39 is 0 Å². The standard InChI is InChI=1S/C28H23N7/c29-17-18-1-7-24-23(15-18)25(11-14-31-24)33-20-4-2-19(3-5-20)28-34-26-8-6-22(16-27(26)35-28)32-21-9-12-30-13-10-21/h2-6,8-14,16,18H,1,7,15H2,(H,30,32)(H,31,33)(H,34,35). The second-order valence-electron chi connectivity index (χ2n) is 8.73. The summed E-state index contributed by atoms with van der Waals surface area (Å²) < 4.78 is 0. The molecule has 0 amide bonds. The number of rotatable bonds is 5. The number of nitrogens with one attached hydrogen (secondary N) is 3. The number of aryl methyl sites for hydroxylation is 1. The van der Waals surface area contributed by atoms with E-state index in [4.69, 9.17) is 4.98 Å². The van der Waals surface area contributed by atoms with Crippen molar-refractivity contribution in [2.75, 3.05) is 10.6 Å². The van der Waals surface area contributed by atoms with E-state index in [0.29, 0.717) is 0 Å². The van der Waals surface area contributed by atoms with E-state index in [2.05, 4.69) is 62.0 Å². The lowest BCUT2D eigenvalue weighted by Gasteiger charge is -2.22. The maximum atomic E-state index is 9.36. The van der Waals surface area contributed by atoms with Crippen molar-refractivity contribution in [3.63, 3.8) is 0 Å². The van der Waals surface area contributed by atoms with Crippen LogP contribution in [0.1, 0.15) is 17.7 Å². The Morgan fingerprint density at radius 3 is 2.51 bits per heavy atom. The van der Waals surface area contributed by atoms with Gasteiger partial charge in [-0.2, -0.15) is 5.26 Å². The molecule has 1 aliphatic rings. The monoisotopic (exact) mass is 457 g/mol. The molecule has 1 aliphatic carbocycles. The Bertz CT molecular complexity index is 1530. The van der Waals surface area contributed by atoms with Gasteiger partial charge in [0.15, 0.2) is 0 Å². The minimum absolute atomic E-state index is 0.0585. The summed E-state index contributed by atoms with van der Waals surface area (Å²) in [5, 5.41) is 16.3. The van der Waals surface area contributed by atoms with Gasteiger partial charge in [-0.1, -0.05) is 0 Å². The number of hydrogen-bond donors (Lipinski definition) is 3. The maximum absolute atomic E-state index is 9.36. The zero-order valence-electron chi connectivity index (χ0n) is 19.0. The maximum Gasteiger partial charge on any atom is 0.138 e. The summed E-state index contributed by atoms with van der Waals surface area (Å²) in [4.78, 5) is 16.8. The predicted molar refractivity (Wildman–Crippen MR) is 138 cm³/mol. The van der Waals surface area contributed by atoms with Crippen molar-refractivity contribution in [3.05, 3.63) is 90.5 Å². The molecule has 1 unspecified atom stereocenters. The Balaban J connectivity index is 1.21. The van der Waals surface area contributed by atoms with Gasteiger partial charge in [-0.05, 0) is 85.5 Å². The van der Waals surface area contributed by atoms with E-state index in [0.717, 1.165) is 75.7 Å². The van der Waals surface area contributed by atoms with Gasteiger partial charge in [0.1, 0.15) is 5.82 Å². The zero-order chi connectivity index (χ0) is 23.6. The van der Waals surface area contributed by atoms with Crippen molar-refractivity contribution in [1.29, 1.82) is 5.26 Å². The van der Waals surface area contributed by atoms with Gasteiger partial charge in [0.05, 0.1) is 23.0 Å². The number of hydrogen-bond acceptors (Lipinski definition) is 6. The number of aromatic nitrogens is 4. The Kier molecular flexibility index (Phi) is 5.32. The van der Waals surface area contributed by atoms with E-state index in [1.165, 1.54) is 0 Å². The van der Waals surface area contributed by atoms with Gasteiger partial charge in [0.25, 0.3) is 0 Å². The first kappa shape index (κ1) is 20.9. The molecule has 5 aromatic rings. The number of nitriles is 1. The molecule has 0 saturated carbocycles. The van der Waals surface area contributed by atoms with Gasteiger partial charge in [0, 0.05) is 52.6 Å². The summed E-state index contributed by atoms with van der Waals surface area (Å²) >= 11 is 0. The van der Waals surface area contributed by atoms with Gasteiger partial charge < -0.3 is 15.6 Å². The Morgan fingerprint density at radius 2 is 1.69 bits per heavy atom. The lowest BCUT2D eigenvalue weighted by Crippen LogP contribution is -2.15. The molecule has 7 nitrogen and oxygen atoms in total. The third kappa shape index (κ3) is 4.30. The first-order chi connectivity index (χ1) is 17.2. The number of H-pyrrole nitrogens is 1. The normalized spacial score (nSPS) is 14.8. The number of anilines is 4. The van der Waals surface area contributed by atoms with E-state index in [-0.39, 0.29) is 5.92 Å². The Morgan fingerprint density at radius 1 is 0.886 bits per heavy atom. The summed E-state index contributed by atoms with van der Waals surface area (Å²) in [5.41, 5.74) is 9.13. The number of benzene rings is 2. The van der Waals surface area contributed by atoms with E-state index in [9.17, 15) is 5.26 Å². The molecule has 0 spiro atoms. The van der Waals surface area contributed by atoms with Gasteiger partial charge in [0.2, 0.25) is 0 Å². The second-order valence-corrected chi connectivity index (χ2v) is 8.73. The molecular formula is C28H23N7. The molecule has 35 heavy (non-hydrogen) atoms. The van der Waals surface area contributed by atoms with Crippen molar-refractivity contribution in [2.45, 2.75) is 19.3 Å². The SMILES string of the molecule is N#CC1CCc2nccc(Nc3ccc(-c4nc5ccc(Nc6ccncc6)cc5[nH]4)cc3)c2C1. The molecule has 3 heterocycles. The molecular weight excluding hydrogens is 434 g/mol. The number of aromatic amines is 1. The van der Waals surface area contributed by atoms with Crippen LogP contribution in [0.2, 0.25) is 0 Å². The average Bonchev–Trinajstić information content (AvgIpc) is 3.33. The lowest BCUT2D eigenvalue weighted by atomic mass is 9.86. The minimum atomic E-state index is 0.0585. The summed E-state index contributed by atoms with van der Waals surface area (Å²) in [5.74, 6) is 0.883. The highest BCUT2D eigenvalue weighted by atomic mass is 14.9. The number of fused-ring (bicyclic) bond motifs is 2. The summed E-state index contributed by atoms with van der Waals surface area (Å²) in [6.45, 7) is 0. The van der Waals surface area contributed by atoms with Crippen molar-refractivity contribution in [1.82, 2.24) is 19.9 Å². The van der Waals surface area contributed by atoms with Crippen LogP contribution in [0, 0.1) is 17.2 Å². The molecule has 3 aromatic heterocycles. The minimum Gasteiger partial charge on any atom is -0.355 e. The van der Waals surface area contributed by atoms with Crippen LogP contribution in [-0.4, -0.2) is 19.9 Å². The van der Waals surface area contributed by atoms with Crippen molar-refractivity contribution >= 4 is 33.8 Å². The molecule has 1 atom stereocenters. The van der Waals surface area contributed by atoms with E-state index in [1.807, 2.05) is 36.5 Å². The number of pyridine rings is 2. The topological polar surface area (TPSA) is 102 Å². The first-order valence-corrected chi connectivity index (χ1v) is 11.7. The summed E-state index contributed by atoms with van der Waals surface area (Å²) in [6, 6.07) is 22.6. The number of nitrogens with zero attached hydrogens (tertiary/aromatic N) is 4.